The minimum atomic E-state index is 0.0695. The van der Waals surface area contributed by atoms with Crippen molar-refractivity contribution >= 4 is 16.9 Å². The van der Waals surface area contributed by atoms with Gasteiger partial charge < -0.3 is 9.88 Å². The highest BCUT2D eigenvalue weighted by Crippen LogP contribution is 2.27. The van der Waals surface area contributed by atoms with Crippen LogP contribution in [0.3, 0.4) is 0 Å². The average molecular weight is 229 g/mol. The highest BCUT2D eigenvalue weighted by molar-refractivity contribution is 5.80. The molecule has 0 saturated heterocycles. The number of amides is 1. The molecule has 4 nitrogen and oxygen atoms in total. The Bertz CT molecular complexity index is 542. The zero-order valence-corrected chi connectivity index (χ0v) is 9.60. The first-order chi connectivity index (χ1) is 8.33. The zero-order valence-electron chi connectivity index (χ0n) is 9.60. The number of nitrogens with one attached hydrogen (secondary N) is 1. The Morgan fingerprint density at radius 2 is 2.24 bits per heavy atom. The van der Waals surface area contributed by atoms with Crippen molar-refractivity contribution in [2.24, 2.45) is 5.92 Å². The lowest BCUT2D eigenvalue weighted by Crippen LogP contribution is -2.29. The SMILES string of the molecule is O=C(Cn1cnc2ccccc21)NCC1CC1. The van der Waals surface area contributed by atoms with Gasteiger partial charge in [-0.2, -0.15) is 0 Å². The molecular weight excluding hydrogens is 214 g/mol. The predicted octanol–water partition coefficient (Wildman–Crippen LogP) is 1.56. The molecule has 1 heterocycles. The smallest absolute Gasteiger partial charge is 0.240 e. The Morgan fingerprint density at radius 3 is 3.06 bits per heavy atom. The molecule has 17 heavy (non-hydrogen) atoms. The number of hydrogen-bond donors (Lipinski definition) is 1. The molecule has 4 heteroatoms. The van der Waals surface area contributed by atoms with Crippen LogP contribution in [0.2, 0.25) is 0 Å². The molecule has 0 aliphatic heterocycles. The number of carbonyl (C=O) groups is 1. The molecule has 0 unspecified atom stereocenters. The highest BCUT2D eigenvalue weighted by Gasteiger charge is 2.21. The number of para-hydroxylation sites is 2. The van der Waals surface area contributed by atoms with Crippen LogP contribution in [0.4, 0.5) is 0 Å². The van der Waals surface area contributed by atoms with E-state index in [0.29, 0.717) is 6.54 Å². The maximum Gasteiger partial charge on any atom is 0.240 e. The Kier molecular flexibility index (Phi) is 2.55. The number of rotatable bonds is 4. The molecule has 1 aliphatic carbocycles. The first-order valence-corrected chi connectivity index (χ1v) is 5.99. The minimum Gasteiger partial charge on any atom is -0.354 e. The summed E-state index contributed by atoms with van der Waals surface area (Å²) in [6.07, 6.45) is 4.24. The van der Waals surface area contributed by atoms with Crippen molar-refractivity contribution in [1.29, 1.82) is 0 Å². The summed E-state index contributed by atoms with van der Waals surface area (Å²) < 4.78 is 1.89. The largest absolute Gasteiger partial charge is 0.354 e. The van der Waals surface area contributed by atoms with Gasteiger partial charge in [0.15, 0.2) is 0 Å². The maximum absolute atomic E-state index is 11.7. The Balaban J connectivity index is 1.68. The summed E-state index contributed by atoms with van der Waals surface area (Å²) in [6, 6.07) is 7.85. The molecule has 1 saturated carbocycles. The third-order valence-electron chi connectivity index (χ3n) is 3.13. The van der Waals surface area contributed by atoms with E-state index in [9.17, 15) is 4.79 Å². The number of aromatic nitrogens is 2. The maximum atomic E-state index is 11.7. The fourth-order valence-corrected chi connectivity index (χ4v) is 1.93. The van der Waals surface area contributed by atoms with E-state index in [-0.39, 0.29) is 5.91 Å². The molecule has 1 N–H and O–H groups in total. The zero-order chi connectivity index (χ0) is 11.7. The van der Waals surface area contributed by atoms with Gasteiger partial charge in [-0.3, -0.25) is 4.79 Å². The quantitative estimate of drug-likeness (QED) is 0.865. The lowest BCUT2D eigenvalue weighted by atomic mass is 10.3. The van der Waals surface area contributed by atoms with Crippen molar-refractivity contribution < 1.29 is 4.79 Å². The number of imidazole rings is 1. The lowest BCUT2D eigenvalue weighted by Gasteiger charge is -2.05. The first kappa shape index (κ1) is 10.3. The number of fused-ring (bicyclic) bond motifs is 1. The third-order valence-corrected chi connectivity index (χ3v) is 3.13. The van der Waals surface area contributed by atoms with Gasteiger partial charge in [0.05, 0.1) is 17.4 Å². The fourth-order valence-electron chi connectivity index (χ4n) is 1.93. The second-order valence-corrected chi connectivity index (χ2v) is 4.61. The van der Waals surface area contributed by atoms with Crippen molar-refractivity contribution in [3.63, 3.8) is 0 Å². The van der Waals surface area contributed by atoms with Crippen molar-refractivity contribution in [3.8, 4) is 0 Å². The van der Waals surface area contributed by atoms with E-state index in [1.54, 1.807) is 6.33 Å². The Labute approximate surface area is 99.6 Å². The molecule has 1 aromatic carbocycles. The fraction of sp³-hybridized carbons (Fsp3) is 0.385. The van der Waals surface area contributed by atoms with Crippen LogP contribution < -0.4 is 5.32 Å². The number of carbonyl (C=O) groups excluding carboxylic acids is 1. The summed E-state index contributed by atoms with van der Waals surface area (Å²) in [5, 5.41) is 2.96. The summed E-state index contributed by atoms with van der Waals surface area (Å²) in [5.74, 6) is 0.790. The molecule has 3 rings (SSSR count). The van der Waals surface area contributed by atoms with E-state index < -0.39 is 0 Å². The molecule has 0 atom stereocenters. The van der Waals surface area contributed by atoms with Gasteiger partial charge in [-0.05, 0) is 30.9 Å². The minimum absolute atomic E-state index is 0.0695. The van der Waals surface area contributed by atoms with Gasteiger partial charge in [-0.15, -0.1) is 0 Å². The molecule has 0 spiro atoms. The number of hydrogen-bond acceptors (Lipinski definition) is 2. The average Bonchev–Trinajstić information content (AvgIpc) is 3.10. The summed E-state index contributed by atoms with van der Waals surface area (Å²) in [5.41, 5.74) is 1.94. The second-order valence-electron chi connectivity index (χ2n) is 4.61. The van der Waals surface area contributed by atoms with Gasteiger partial charge in [0.1, 0.15) is 6.54 Å². The molecule has 1 fully saturated rings. The molecular formula is C13H15N3O. The number of nitrogens with zero attached hydrogens (tertiary/aromatic N) is 2. The molecule has 1 amide bonds. The van der Waals surface area contributed by atoms with Crippen LogP contribution in [0.15, 0.2) is 30.6 Å². The van der Waals surface area contributed by atoms with Crippen molar-refractivity contribution in [3.05, 3.63) is 30.6 Å². The van der Waals surface area contributed by atoms with Crippen LogP contribution >= 0.6 is 0 Å². The van der Waals surface area contributed by atoms with E-state index in [1.165, 1.54) is 12.8 Å². The van der Waals surface area contributed by atoms with Gasteiger partial charge >= 0.3 is 0 Å². The standard InChI is InChI=1S/C13H15N3O/c17-13(14-7-10-5-6-10)8-16-9-15-11-3-1-2-4-12(11)16/h1-4,9-10H,5-8H2,(H,14,17). The molecule has 1 aromatic heterocycles. The molecule has 2 aromatic rings. The number of benzene rings is 1. The first-order valence-electron chi connectivity index (χ1n) is 5.99. The van der Waals surface area contributed by atoms with E-state index >= 15 is 0 Å². The van der Waals surface area contributed by atoms with Gasteiger partial charge in [-0.25, -0.2) is 4.98 Å². The highest BCUT2D eigenvalue weighted by atomic mass is 16.1. The van der Waals surface area contributed by atoms with Crippen LogP contribution in [-0.2, 0) is 11.3 Å². The summed E-state index contributed by atoms with van der Waals surface area (Å²) in [7, 11) is 0. The summed E-state index contributed by atoms with van der Waals surface area (Å²) in [4.78, 5) is 16.0. The van der Waals surface area contributed by atoms with Gasteiger partial charge in [-0.1, -0.05) is 12.1 Å². The molecule has 0 bridgehead atoms. The van der Waals surface area contributed by atoms with Crippen LogP contribution in [0.25, 0.3) is 11.0 Å². The Hall–Kier alpha value is -1.84. The Morgan fingerprint density at radius 1 is 1.41 bits per heavy atom. The summed E-state index contributed by atoms with van der Waals surface area (Å²) in [6.45, 7) is 1.18. The van der Waals surface area contributed by atoms with Crippen LogP contribution in [0.1, 0.15) is 12.8 Å². The van der Waals surface area contributed by atoms with Gasteiger partial charge in [0.2, 0.25) is 5.91 Å². The molecule has 88 valence electrons. The predicted molar refractivity (Wildman–Crippen MR) is 65.5 cm³/mol. The van der Waals surface area contributed by atoms with Crippen molar-refractivity contribution in [2.45, 2.75) is 19.4 Å². The lowest BCUT2D eigenvalue weighted by molar-refractivity contribution is -0.121. The van der Waals surface area contributed by atoms with Crippen LogP contribution in [0.5, 0.6) is 0 Å². The monoisotopic (exact) mass is 229 g/mol. The van der Waals surface area contributed by atoms with Crippen molar-refractivity contribution in [2.75, 3.05) is 6.54 Å². The normalized spacial score (nSPS) is 15.1. The third kappa shape index (κ3) is 2.30. The second kappa shape index (κ2) is 4.20. The van der Waals surface area contributed by atoms with Crippen molar-refractivity contribution in [1.82, 2.24) is 14.9 Å². The topological polar surface area (TPSA) is 46.9 Å². The van der Waals surface area contributed by atoms with Crippen LogP contribution in [0, 0.1) is 5.92 Å². The molecule has 0 radical (unpaired) electrons. The summed E-state index contributed by atoms with van der Waals surface area (Å²) >= 11 is 0. The van der Waals surface area contributed by atoms with E-state index in [1.807, 2.05) is 28.8 Å². The van der Waals surface area contributed by atoms with E-state index in [0.717, 1.165) is 23.5 Å². The van der Waals surface area contributed by atoms with Gasteiger partial charge in [0, 0.05) is 6.54 Å². The van der Waals surface area contributed by atoms with Gasteiger partial charge in [0.25, 0.3) is 0 Å². The van der Waals surface area contributed by atoms with E-state index in [2.05, 4.69) is 10.3 Å². The molecule has 1 aliphatic rings. The van der Waals surface area contributed by atoms with E-state index in [4.69, 9.17) is 0 Å². The van der Waals surface area contributed by atoms with Crippen LogP contribution in [-0.4, -0.2) is 22.0 Å².